The maximum absolute atomic E-state index is 10.5. The van der Waals surface area contributed by atoms with E-state index in [1.165, 1.54) is 5.56 Å². The fourth-order valence-electron chi connectivity index (χ4n) is 3.65. The van der Waals surface area contributed by atoms with Crippen molar-refractivity contribution in [1.82, 2.24) is 5.32 Å². The average Bonchev–Trinajstić information content (AvgIpc) is 2.75. The Labute approximate surface area is 193 Å². The van der Waals surface area contributed by atoms with Gasteiger partial charge in [-0.1, -0.05) is 51.8 Å². The number of phenolic OH excluding ortho intramolecular Hbond substituents is 1. The molecule has 154 valence electrons. The van der Waals surface area contributed by atoms with Crippen LogP contribution in [0.1, 0.15) is 40.9 Å². The molecule has 0 fully saturated rings. The number of halogens is 2. The zero-order chi connectivity index (χ0) is 21.3. The van der Waals surface area contributed by atoms with Gasteiger partial charge in [0.05, 0.1) is 11.6 Å². The minimum atomic E-state index is -0.249. The average molecular weight is 530 g/mol. The predicted molar refractivity (Wildman–Crippen MR) is 127 cm³/mol. The summed E-state index contributed by atoms with van der Waals surface area (Å²) in [6, 6.07) is 19.8. The SMILES string of the molecule is COc1ccc(C2N=C(c3ccc(C)cc3)CC(c3cc(Br)ccc3O)N2)cc1Br. The number of nitrogens with zero attached hydrogens (tertiary/aromatic N) is 1. The number of hydrogen-bond donors (Lipinski definition) is 2. The van der Waals surface area contributed by atoms with Gasteiger partial charge in [-0.3, -0.25) is 10.3 Å². The molecule has 30 heavy (non-hydrogen) atoms. The van der Waals surface area contributed by atoms with Gasteiger partial charge in [-0.05, 0) is 64.3 Å². The van der Waals surface area contributed by atoms with Gasteiger partial charge in [-0.2, -0.15) is 0 Å². The lowest BCUT2D eigenvalue weighted by atomic mass is 9.93. The van der Waals surface area contributed by atoms with Crippen LogP contribution in [0.3, 0.4) is 0 Å². The minimum absolute atomic E-state index is 0.0813. The van der Waals surface area contributed by atoms with E-state index in [0.717, 1.165) is 37.1 Å². The van der Waals surface area contributed by atoms with Gasteiger partial charge in [-0.25, -0.2) is 0 Å². The summed E-state index contributed by atoms with van der Waals surface area (Å²) in [6.45, 7) is 2.08. The van der Waals surface area contributed by atoms with Crippen molar-refractivity contribution in [3.8, 4) is 11.5 Å². The Morgan fingerprint density at radius 3 is 2.50 bits per heavy atom. The van der Waals surface area contributed by atoms with E-state index in [0.29, 0.717) is 6.42 Å². The Hall–Kier alpha value is -2.15. The van der Waals surface area contributed by atoms with Crippen LogP contribution in [0.15, 0.2) is 74.6 Å². The lowest BCUT2D eigenvalue weighted by molar-refractivity contribution is 0.406. The van der Waals surface area contributed by atoms with E-state index < -0.39 is 0 Å². The number of nitrogens with one attached hydrogen (secondary N) is 1. The molecule has 3 aromatic rings. The monoisotopic (exact) mass is 528 g/mol. The summed E-state index contributed by atoms with van der Waals surface area (Å²) >= 11 is 7.10. The molecule has 0 saturated carbocycles. The van der Waals surface area contributed by atoms with Crippen LogP contribution in [0.2, 0.25) is 0 Å². The van der Waals surface area contributed by atoms with Crippen LogP contribution in [0.4, 0.5) is 0 Å². The molecule has 4 rings (SSSR count). The van der Waals surface area contributed by atoms with Crippen molar-refractivity contribution in [2.24, 2.45) is 4.99 Å². The molecule has 1 aliphatic heterocycles. The summed E-state index contributed by atoms with van der Waals surface area (Å²) in [5, 5.41) is 14.1. The van der Waals surface area contributed by atoms with Crippen LogP contribution in [-0.2, 0) is 0 Å². The van der Waals surface area contributed by atoms with Crippen LogP contribution in [0.5, 0.6) is 11.5 Å². The van der Waals surface area contributed by atoms with E-state index in [1.54, 1.807) is 13.2 Å². The number of phenols is 1. The zero-order valence-corrected chi connectivity index (χ0v) is 19.9. The molecule has 0 aliphatic carbocycles. The van der Waals surface area contributed by atoms with E-state index in [1.807, 2.05) is 30.3 Å². The Balaban J connectivity index is 1.77. The predicted octanol–water partition coefficient (Wildman–Crippen LogP) is 6.46. The lowest BCUT2D eigenvalue weighted by Gasteiger charge is -2.31. The Morgan fingerprint density at radius 1 is 1.03 bits per heavy atom. The summed E-state index contributed by atoms with van der Waals surface area (Å²) in [5.41, 5.74) is 5.19. The molecule has 1 heterocycles. The van der Waals surface area contributed by atoms with Crippen LogP contribution in [-0.4, -0.2) is 17.9 Å². The first-order valence-electron chi connectivity index (χ1n) is 9.66. The minimum Gasteiger partial charge on any atom is -0.508 e. The number of ether oxygens (including phenoxy) is 1. The number of hydrogen-bond acceptors (Lipinski definition) is 4. The third-order valence-corrected chi connectivity index (χ3v) is 6.40. The standard InChI is InChI=1S/C24H22Br2N2O2/c1-14-3-5-15(6-4-14)20-13-21(18-12-17(25)8-9-22(18)29)28-24(27-20)16-7-10-23(30-2)19(26)11-16/h3-12,21,24,28-29H,13H2,1-2H3. The molecular formula is C24H22Br2N2O2. The molecule has 0 saturated heterocycles. The van der Waals surface area contributed by atoms with Crippen molar-refractivity contribution in [1.29, 1.82) is 0 Å². The van der Waals surface area contributed by atoms with Crippen molar-refractivity contribution >= 4 is 37.6 Å². The van der Waals surface area contributed by atoms with Gasteiger partial charge in [0.15, 0.2) is 0 Å². The molecule has 1 aliphatic rings. The van der Waals surface area contributed by atoms with Crippen LogP contribution < -0.4 is 10.1 Å². The summed E-state index contributed by atoms with van der Waals surface area (Å²) < 4.78 is 7.18. The fourth-order valence-corrected chi connectivity index (χ4v) is 4.59. The highest BCUT2D eigenvalue weighted by atomic mass is 79.9. The van der Waals surface area contributed by atoms with Gasteiger partial charge in [0.1, 0.15) is 17.7 Å². The molecule has 2 atom stereocenters. The van der Waals surface area contributed by atoms with Gasteiger partial charge < -0.3 is 9.84 Å². The molecule has 6 heteroatoms. The molecule has 2 N–H and O–H groups in total. The van der Waals surface area contributed by atoms with Crippen LogP contribution >= 0.6 is 31.9 Å². The highest BCUT2D eigenvalue weighted by Crippen LogP contribution is 2.37. The topological polar surface area (TPSA) is 53.9 Å². The molecule has 0 aromatic heterocycles. The van der Waals surface area contributed by atoms with E-state index >= 15 is 0 Å². The van der Waals surface area contributed by atoms with E-state index in [4.69, 9.17) is 9.73 Å². The lowest BCUT2D eigenvalue weighted by Crippen LogP contribution is -2.33. The van der Waals surface area contributed by atoms with E-state index in [-0.39, 0.29) is 18.0 Å². The largest absolute Gasteiger partial charge is 0.508 e. The number of aliphatic imine (C=N–C) groups is 1. The zero-order valence-electron chi connectivity index (χ0n) is 16.7. The van der Waals surface area contributed by atoms with Crippen LogP contribution in [0.25, 0.3) is 0 Å². The number of rotatable bonds is 4. The van der Waals surface area contributed by atoms with Crippen LogP contribution in [0, 0.1) is 6.92 Å². The summed E-state index contributed by atoms with van der Waals surface area (Å²) in [5.74, 6) is 1.05. The molecule has 3 aromatic carbocycles. The quantitative estimate of drug-likeness (QED) is 0.408. The molecule has 0 spiro atoms. The Morgan fingerprint density at radius 2 is 1.80 bits per heavy atom. The first kappa shape index (κ1) is 21.1. The number of benzene rings is 3. The second kappa shape index (κ2) is 8.92. The highest BCUT2D eigenvalue weighted by molar-refractivity contribution is 9.10. The summed E-state index contributed by atoms with van der Waals surface area (Å²) in [4.78, 5) is 5.03. The molecule has 0 bridgehead atoms. The van der Waals surface area contributed by atoms with Crippen molar-refractivity contribution in [3.63, 3.8) is 0 Å². The third-order valence-electron chi connectivity index (χ3n) is 5.28. The van der Waals surface area contributed by atoms with E-state index in [9.17, 15) is 5.11 Å². The summed E-state index contributed by atoms with van der Waals surface area (Å²) in [6.07, 6.45) is 0.432. The Bertz CT molecular complexity index is 1100. The maximum Gasteiger partial charge on any atom is 0.133 e. The molecular weight excluding hydrogens is 508 g/mol. The number of methoxy groups -OCH3 is 1. The smallest absolute Gasteiger partial charge is 0.133 e. The highest BCUT2D eigenvalue weighted by Gasteiger charge is 2.28. The van der Waals surface area contributed by atoms with Crippen molar-refractivity contribution in [2.75, 3.05) is 7.11 Å². The normalized spacial score (nSPS) is 18.7. The molecule has 2 unspecified atom stereocenters. The van der Waals surface area contributed by atoms with Crippen molar-refractivity contribution in [2.45, 2.75) is 25.6 Å². The maximum atomic E-state index is 10.5. The fraction of sp³-hybridized carbons (Fsp3) is 0.208. The third kappa shape index (κ3) is 4.46. The molecule has 4 nitrogen and oxygen atoms in total. The van der Waals surface area contributed by atoms with Gasteiger partial charge in [0.25, 0.3) is 0 Å². The molecule has 0 radical (unpaired) electrons. The van der Waals surface area contributed by atoms with Gasteiger partial charge >= 0.3 is 0 Å². The second-order valence-corrected chi connectivity index (χ2v) is 9.13. The first-order valence-corrected chi connectivity index (χ1v) is 11.2. The second-order valence-electron chi connectivity index (χ2n) is 7.36. The van der Waals surface area contributed by atoms with Gasteiger partial charge in [-0.15, -0.1) is 0 Å². The molecule has 0 amide bonds. The summed E-state index contributed by atoms with van der Waals surface area (Å²) in [7, 11) is 1.65. The van der Waals surface area contributed by atoms with Crippen molar-refractivity contribution in [3.05, 3.63) is 91.9 Å². The number of aromatic hydroxyl groups is 1. The number of aryl methyl sites for hydroxylation is 1. The van der Waals surface area contributed by atoms with Crippen molar-refractivity contribution < 1.29 is 9.84 Å². The van der Waals surface area contributed by atoms with Gasteiger partial charge in [0.2, 0.25) is 0 Å². The first-order chi connectivity index (χ1) is 14.4. The Kier molecular flexibility index (Phi) is 6.27. The van der Waals surface area contributed by atoms with E-state index in [2.05, 4.69) is 68.4 Å². The van der Waals surface area contributed by atoms with Gasteiger partial charge in [0, 0.05) is 28.2 Å².